The van der Waals surface area contributed by atoms with E-state index in [1.54, 1.807) is 43.3 Å². The molecule has 2 N–H and O–H groups in total. The lowest BCUT2D eigenvalue weighted by molar-refractivity contribution is -0.149. The Hall–Kier alpha value is -3.97. The van der Waals surface area contributed by atoms with Crippen molar-refractivity contribution in [3.05, 3.63) is 89.4 Å². The van der Waals surface area contributed by atoms with E-state index in [2.05, 4.69) is 10.6 Å². The van der Waals surface area contributed by atoms with E-state index < -0.39 is 29.7 Å². The molecule has 0 aliphatic rings. The van der Waals surface area contributed by atoms with E-state index in [-0.39, 0.29) is 25.2 Å². The molecule has 0 bridgehead atoms. The maximum absolute atomic E-state index is 12.9. The van der Waals surface area contributed by atoms with E-state index in [0.717, 1.165) is 11.1 Å². The zero-order valence-corrected chi connectivity index (χ0v) is 21.5. The Morgan fingerprint density at radius 1 is 0.865 bits per heavy atom. The number of hydrogen-bond donors (Lipinski definition) is 2. The van der Waals surface area contributed by atoms with Crippen LogP contribution in [0.2, 0.25) is 5.02 Å². The number of carbonyl (C=O) groups excluding carboxylic acids is 4. The highest BCUT2D eigenvalue weighted by molar-refractivity contribution is 6.30. The number of ether oxygens (including phenoxy) is 1. The summed E-state index contributed by atoms with van der Waals surface area (Å²) < 4.78 is 5.10. The lowest BCUT2D eigenvalue weighted by Crippen LogP contribution is -2.42. The Kier molecular flexibility index (Phi) is 9.98. The number of hydrogen-bond acceptors (Lipinski definition) is 5. The number of benzene rings is 3. The van der Waals surface area contributed by atoms with Gasteiger partial charge < -0.3 is 15.4 Å². The van der Waals surface area contributed by atoms with Crippen molar-refractivity contribution in [3.8, 4) is 11.1 Å². The van der Waals surface area contributed by atoms with Crippen LogP contribution in [0, 0.1) is 5.92 Å². The highest BCUT2D eigenvalue weighted by Crippen LogP contribution is 2.22. The molecule has 0 spiro atoms. The SMILES string of the molecule is CCOC(=O)C(CC(=O)NC(C)C(=O)Nc1cccc(Cl)c1)CC(=O)c1ccc(-c2ccccc2)cc1. The van der Waals surface area contributed by atoms with Gasteiger partial charge in [0.2, 0.25) is 11.8 Å². The normalized spacial score (nSPS) is 12.2. The minimum atomic E-state index is -0.982. The first-order chi connectivity index (χ1) is 17.8. The van der Waals surface area contributed by atoms with Crippen LogP contribution < -0.4 is 10.6 Å². The summed E-state index contributed by atoms with van der Waals surface area (Å²) in [5.74, 6) is -2.89. The number of nitrogens with one attached hydrogen (secondary N) is 2. The molecule has 3 aromatic rings. The summed E-state index contributed by atoms with van der Waals surface area (Å²) in [7, 11) is 0. The molecule has 3 aromatic carbocycles. The quantitative estimate of drug-likeness (QED) is 0.264. The van der Waals surface area contributed by atoms with Gasteiger partial charge in [-0.05, 0) is 43.2 Å². The monoisotopic (exact) mass is 520 g/mol. The van der Waals surface area contributed by atoms with Crippen molar-refractivity contribution in [2.75, 3.05) is 11.9 Å². The number of rotatable bonds is 11. The Balaban J connectivity index is 1.61. The average Bonchev–Trinajstić information content (AvgIpc) is 2.89. The first-order valence-electron chi connectivity index (χ1n) is 12.0. The third-order valence-corrected chi connectivity index (χ3v) is 5.90. The number of amides is 2. The molecule has 2 amide bonds. The third-order valence-electron chi connectivity index (χ3n) is 5.66. The molecule has 0 heterocycles. The molecular formula is C29H29ClN2O5. The molecule has 0 radical (unpaired) electrons. The van der Waals surface area contributed by atoms with Crippen LogP contribution in [0.1, 0.15) is 37.0 Å². The van der Waals surface area contributed by atoms with Crippen molar-refractivity contribution in [2.45, 2.75) is 32.7 Å². The van der Waals surface area contributed by atoms with Crippen LogP contribution in [0.15, 0.2) is 78.9 Å². The summed E-state index contributed by atoms with van der Waals surface area (Å²) in [5.41, 5.74) is 2.91. The predicted molar refractivity (Wildman–Crippen MR) is 143 cm³/mol. The maximum Gasteiger partial charge on any atom is 0.309 e. The molecule has 2 unspecified atom stereocenters. The summed E-state index contributed by atoms with van der Waals surface area (Å²) in [6.07, 6.45) is -0.485. The van der Waals surface area contributed by atoms with Crippen molar-refractivity contribution in [3.63, 3.8) is 0 Å². The molecule has 2 atom stereocenters. The highest BCUT2D eigenvalue weighted by atomic mass is 35.5. The number of halogens is 1. The van der Waals surface area contributed by atoms with E-state index in [1.165, 1.54) is 6.92 Å². The van der Waals surface area contributed by atoms with Gasteiger partial charge in [0.25, 0.3) is 0 Å². The second-order valence-corrected chi connectivity index (χ2v) is 8.95. The molecule has 8 heteroatoms. The van der Waals surface area contributed by atoms with Crippen molar-refractivity contribution < 1.29 is 23.9 Å². The number of ketones is 1. The topological polar surface area (TPSA) is 102 Å². The fourth-order valence-electron chi connectivity index (χ4n) is 3.73. The Labute approximate surface area is 221 Å². The van der Waals surface area contributed by atoms with Gasteiger partial charge in [0.1, 0.15) is 6.04 Å². The van der Waals surface area contributed by atoms with Crippen molar-refractivity contribution in [1.29, 1.82) is 0 Å². The van der Waals surface area contributed by atoms with Gasteiger partial charge in [-0.2, -0.15) is 0 Å². The summed E-state index contributed by atoms with van der Waals surface area (Å²) in [6, 6.07) is 22.6. The molecule has 192 valence electrons. The van der Waals surface area contributed by atoms with Crippen LogP contribution in [0.5, 0.6) is 0 Å². The second-order valence-electron chi connectivity index (χ2n) is 8.51. The van der Waals surface area contributed by atoms with Crippen LogP contribution in [0.25, 0.3) is 11.1 Å². The van der Waals surface area contributed by atoms with E-state index in [9.17, 15) is 19.2 Å². The van der Waals surface area contributed by atoms with Gasteiger partial charge in [-0.15, -0.1) is 0 Å². The van der Waals surface area contributed by atoms with E-state index in [1.807, 2.05) is 42.5 Å². The first-order valence-corrected chi connectivity index (χ1v) is 12.4. The van der Waals surface area contributed by atoms with Crippen molar-refractivity contribution >= 4 is 40.9 Å². The Morgan fingerprint density at radius 2 is 1.54 bits per heavy atom. The predicted octanol–water partition coefficient (Wildman–Crippen LogP) is 5.29. The molecular weight excluding hydrogens is 492 g/mol. The average molecular weight is 521 g/mol. The number of esters is 1. The number of carbonyl (C=O) groups is 4. The lowest BCUT2D eigenvalue weighted by Gasteiger charge is -2.18. The van der Waals surface area contributed by atoms with E-state index >= 15 is 0 Å². The standard InChI is InChI=1S/C29H29ClN2O5/c1-3-37-29(36)23(16-26(33)22-14-12-21(13-15-22)20-8-5-4-6-9-20)17-27(34)31-19(2)28(35)32-25-11-7-10-24(30)18-25/h4-15,18-19,23H,3,16-17H2,1-2H3,(H,31,34)(H,32,35). The zero-order valence-electron chi connectivity index (χ0n) is 20.7. The van der Waals surface area contributed by atoms with Gasteiger partial charge in [0.15, 0.2) is 5.78 Å². The fraction of sp³-hybridized carbons (Fsp3) is 0.241. The minimum Gasteiger partial charge on any atom is -0.466 e. The lowest BCUT2D eigenvalue weighted by atomic mass is 9.94. The smallest absolute Gasteiger partial charge is 0.309 e. The van der Waals surface area contributed by atoms with Gasteiger partial charge in [-0.3, -0.25) is 19.2 Å². The van der Waals surface area contributed by atoms with Gasteiger partial charge in [0.05, 0.1) is 12.5 Å². The summed E-state index contributed by atoms with van der Waals surface area (Å²) in [4.78, 5) is 50.6. The van der Waals surface area contributed by atoms with Gasteiger partial charge in [0, 0.05) is 29.1 Å². The molecule has 0 saturated carbocycles. The van der Waals surface area contributed by atoms with Crippen LogP contribution in [0.4, 0.5) is 5.69 Å². The van der Waals surface area contributed by atoms with Crippen molar-refractivity contribution in [1.82, 2.24) is 5.32 Å². The van der Waals surface area contributed by atoms with Crippen LogP contribution in [-0.2, 0) is 19.1 Å². The first kappa shape index (κ1) is 27.6. The van der Waals surface area contributed by atoms with Gasteiger partial charge in [-0.1, -0.05) is 72.3 Å². The summed E-state index contributed by atoms with van der Waals surface area (Å²) in [6.45, 7) is 3.30. The minimum absolute atomic E-state index is 0.120. The molecule has 7 nitrogen and oxygen atoms in total. The van der Waals surface area contributed by atoms with E-state index in [4.69, 9.17) is 16.3 Å². The molecule has 0 aliphatic heterocycles. The highest BCUT2D eigenvalue weighted by Gasteiger charge is 2.28. The zero-order chi connectivity index (χ0) is 26.8. The molecule has 0 aromatic heterocycles. The Morgan fingerprint density at radius 3 is 2.19 bits per heavy atom. The third kappa shape index (κ3) is 8.29. The maximum atomic E-state index is 12.9. The summed E-state index contributed by atoms with van der Waals surface area (Å²) >= 11 is 5.93. The number of anilines is 1. The fourth-order valence-corrected chi connectivity index (χ4v) is 3.92. The Bertz CT molecular complexity index is 1240. The van der Waals surface area contributed by atoms with Gasteiger partial charge >= 0.3 is 5.97 Å². The van der Waals surface area contributed by atoms with Crippen LogP contribution >= 0.6 is 11.6 Å². The van der Waals surface area contributed by atoms with Crippen LogP contribution in [-0.4, -0.2) is 36.2 Å². The molecule has 0 fully saturated rings. The van der Waals surface area contributed by atoms with Crippen LogP contribution in [0.3, 0.4) is 0 Å². The van der Waals surface area contributed by atoms with E-state index in [0.29, 0.717) is 16.3 Å². The second kappa shape index (κ2) is 13.4. The molecule has 0 aliphatic carbocycles. The summed E-state index contributed by atoms with van der Waals surface area (Å²) in [5, 5.41) is 5.71. The largest absolute Gasteiger partial charge is 0.466 e. The molecule has 0 saturated heterocycles. The number of Topliss-reactive ketones (excluding diaryl/α,β-unsaturated/α-hetero) is 1. The van der Waals surface area contributed by atoms with Gasteiger partial charge in [-0.25, -0.2) is 0 Å². The molecule has 37 heavy (non-hydrogen) atoms. The molecule has 3 rings (SSSR count). The van der Waals surface area contributed by atoms with Crippen molar-refractivity contribution in [2.24, 2.45) is 5.92 Å².